The topological polar surface area (TPSA) is 47.0 Å². The number of thiophene rings is 1. The van der Waals surface area contributed by atoms with Gasteiger partial charge in [-0.05, 0) is 71.8 Å². The smallest absolute Gasteiger partial charge is 0.156 e. The minimum Gasteiger partial charge on any atom is -0.256 e. The van der Waals surface area contributed by atoms with Gasteiger partial charge in [0, 0.05) is 22.7 Å². The first-order valence-corrected chi connectivity index (χ1v) is 11.8. The molecule has 0 radical (unpaired) electrons. The predicted octanol–water partition coefficient (Wildman–Crippen LogP) is 5.91. The first kappa shape index (κ1) is 18.8. The average Bonchev–Trinajstić information content (AvgIpc) is 3.21. The van der Waals surface area contributed by atoms with Gasteiger partial charge in [-0.15, -0.1) is 11.3 Å². The number of hydrogen-bond donors (Lipinski definition) is 0. The minimum absolute atomic E-state index is 0.727. The molecule has 4 aromatic rings. The molecule has 0 saturated carbocycles. The summed E-state index contributed by atoms with van der Waals surface area (Å²) in [5, 5.41) is 3.00. The lowest BCUT2D eigenvalue weighted by molar-refractivity contribution is 0.562. The van der Waals surface area contributed by atoms with Crippen molar-refractivity contribution in [1.82, 2.24) is 4.98 Å². The van der Waals surface area contributed by atoms with Crippen LogP contribution in [0, 0.1) is 0 Å². The lowest BCUT2D eigenvalue weighted by Crippen LogP contribution is -2.28. The Morgan fingerprint density at radius 1 is 0.893 bits per heavy atom. The van der Waals surface area contributed by atoms with Gasteiger partial charge in [0.1, 0.15) is 0 Å². The zero-order valence-electron chi connectivity index (χ0n) is 16.0. The number of hydrogen-bond acceptors (Lipinski definition) is 4. The summed E-state index contributed by atoms with van der Waals surface area (Å²) in [5.74, 6) is 0. The van der Waals surface area contributed by atoms with Crippen molar-refractivity contribution in [1.29, 1.82) is 0 Å². The third kappa shape index (κ3) is 3.25. The molecule has 0 fully saturated rings. The zero-order chi connectivity index (χ0) is 19.9. The zero-order valence-corrected chi connectivity index (χ0v) is 17.6. The normalized spacial score (nSPS) is 12.4. The second-order valence-corrected chi connectivity index (χ2v) is 11.0. The van der Waals surface area contributed by atoms with E-state index >= 15 is 0 Å². The van der Waals surface area contributed by atoms with Crippen LogP contribution in [0.1, 0.15) is 19.4 Å². The third-order valence-electron chi connectivity index (χ3n) is 5.28. The van der Waals surface area contributed by atoms with Gasteiger partial charge in [0.15, 0.2) is 9.84 Å². The van der Waals surface area contributed by atoms with E-state index in [0.717, 1.165) is 33.2 Å². The Balaban J connectivity index is 1.96. The van der Waals surface area contributed by atoms with Crippen molar-refractivity contribution in [3.63, 3.8) is 0 Å². The van der Waals surface area contributed by atoms with E-state index in [4.69, 9.17) is 0 Å². The maximum absolute atomic E-state index is 12.5. The van der Waals surface area contributed by atoms with Crippen LogP contribution in [-0.2, 0) is 14.6 Å². The van der Waals surface area contributed by atoms with Gasteiger partial charge in [0.05, 0.1) is 10.3 Å². The van der Waals surface area contributed by atoms with Crippen molar-refractivity contribution in [3.05, 3.63) is 77.8 Å². The molecule has 0 aliphatic carbocycles. The number of pyridine rings is 1. The Hall–Kier alpha value is -2.50. The first-order chi connectivity index (χ1) is 13.3. The molecule has 0 N–H and O–H groups in total. The Morgan fingerprint density at radius 3 is 2.39 bits per heavy atom. The lowest BCUT2D eigenvalue weighted by Gasteiger charge is -2.25. The van der Waals surface area contributed by atoms with Gasteiger partial charge in [-0.1, -0.05) is 30.3 Å². The fourth-order valence-electron chi connectivity index (χ4n) is 3.31. The minimum atomic E-state index is -3.33. The van der Waals surface area contributed by atoms with Gasteiger partial charge in [-0.2, -0.15) is 0 Å². The molecule has 2 aromatic heterocycles. The summed E-state index contributed by atoms with van der Waals surface area (Å²) in [4.78, 5) is 5.70. The molecule has 2 heterocycles. The molecule has 0 unspecified atom stereocenters. The Morgan fingerprint density at radius 2 is 1.68 bits per heavy atom. The van der Waals surface area contributed by atoms with Gasteiger partial charge in [-0.25, -0.2) is 8.42 Å². The van der Waals surface area contributed by atoms with E-state index in [9.17, 15) is 8.42 Å². The van der Waals surface area contributed by atoms with E-state index in [0.29, 0.717) is 0 Å². The number of rotatable bonds is 4. The molecule has 28 heavy (non-hydrogen) atoms. The van der Waals surface area contributed by atoms with E-state index in [2.05, 4.69) is 40.7 Å². The van der Waals surface area contributed by atoms with Crippen LogP contribution in [0.4, 0.5) is 0 Å². The molecule has 2 aromatic carbocycles. The number of nitrogens with zero attached hydrogens (tertiary/aromatic N) is 1. The molecule has 0 amide bonds. The van der Waals surface area contributed by atoms with E-state index < -0.39 is 14.6 Å². The highest BCUT2D eigenvalue weighted by Gasteiger charge is 2.34. The lowest BCUT2D eigenvalue weighted by atomic mass is 9.92. The number of sulfone groups is 1. The van der Waals surface area contributed by atoms with Crippen LogP contribution in [0.5, 0.6) is 0 Å². The van der Waals surface area contributed by atoms with Crippen LogP contribution in [0.2, 0.25) is 0 Å². The third-order valence-corrected chi connectivity index (χ3v) is 8.27. The van der Waals surface area contributed by atoms with E-state index in [1.807, 2.05) is 30.3 Å². The molecular weight excluding hydrogens is 386 g/mol. The van der Waals surface area contributed by atoms with Crippen LogP contribution in [0.25, 0.3) is 32.5 Å². The van der Waals surface area contributed by atoms with E-state index in [1.165, 1.54) is 11.1 Å². The molecule has 0 spiro atoms. The molecule has 142 valence electrons. The summed E-state index contributed by atoms with van der Waals surface area (Å²) < 4.78 is 24.0. The molecular formula is C23H21NO2S2. The average molecular weight is 408 g/mol. The highest BCUT2D eigenvalue weighted by atomic mass is 32.2. The van der Waals surface area contributed by atoms with Gasteiger partial charge in [-0.3, -0.25) is 4.98 Å². The maximum Gasteiger partial charge on any atom is 0.156 e. The number of fused-ring (bicyclic) bond motifs is 1. The van der Waals surface area contributed by atoms with Gasteiger partial charge in [0.25, 0.3) is 0 Å². The summed E-state index contributed by atoms with van der Waals surface area (Å²) in [6.07, 6.45) is 2.99. The maximum atomic E-state index is 12.5. The second kappa shape index (κ2) is 6.83. The number of aromatic nitrogens is 1. The van der Waals surface area contributed by atoms with E-state index in [-0.39, 0.29) is 0 Å². The molecule has 0 bridgehead atoms. The van der Waals surface area contributed by atoms with Crippen molar-refractivity contribution in [2.24, 2.45) is 0 Å². The Labute approximate surface area is 169 Å². The molecule has 0 atom stereocenters. The quantitative estimate of drug-likeness (QED) is 0.422. The summed E-state index contributed by atoms with van der Waals surface area (Å²) in [5.41, 5.74) is 4.66. The van der Waals surface area contributed by atoms with Crippen molar-refractivity contribution < 1.29 is 8.42 Å². The van der Waals surface area contributed by atoms with Crippen LogP contribution < -0.4 is 0 Å². The fourth-order valence-corrected chi connectivity index (χ4v) is 4.59. The van der Waals surface area contributed by atoms with Crippen molar-refractivity contribution in [2.45, 2.75) is 18.6 Å². The van der Waals surface area contributed by atoms with Gasteiger partial charge >= 0.3 is 0 Å². The summed E-state index contributed by atoms with van der Waals surface area (Å²) >= 11 is 1.70. The summed E-state index contributed by atoms with van der Waals surface area (Å²) in [6.45, 7) is 3.50. The largest absolute Gasteiger partial charge is 0.256 e. The van der Waals surface area contributed by atoms with Crippen molar-refractivity contribution in [2.75, 3.05) is 6.26 Å². The molecule has 0 aliphatic heterocycles. The van der Waals surface area contributed by atoms with Crippen LogP contribution in [0.3, 0.4) is 0 Å². The molecule has 0 saturated heterocycles. The summed E-state index contributed by atoms with van der Waals surface area (Å²) in [7, 11) is -3.33. The highest BCUT2D eigenvalue weighted by Crippen LogP contribution is 2.38. The van der Waals surface area contributed by atoms with Gasteiger partial charge in [0.2, 0.25) is 0 Å². The van der Waals surface area contributed by atoms with Crippen LogP contribution in [0.15, 0.2) is 72.2 Å². The molecule has 3 nitrogen and oxygen atoms in total. The molecule has 5 heteroatoms. The SMILES string of the molecule is CC(C)(c1cc(-c2cccc(-c3cccs3)c2)cc2cccnc12)S(C)(=O)=O. The van der Waals surface area contributed by atoms with Crippen molar-refractivity contribution >= 4 is 32.1 Å². The summed E-state index contributed by atoms with van der Waals surface area (Å²) in [6, 6.07) is 20.4. The van der Waals surface area contributed by atoms with Gasteiger partial charge < -0.3 is 0 Å². The Kier molecular flexibility index (Phi) is 4.60. The number of benzene rings is 2. The highest BCUT2D eigenvalue weighted by molar-refractivity contribution is 7.91. The van der Waals surface area contributed by atoms with Crippen molar-refractivity contribution in [3.8, 4) is 21.6 Å². The standard InChI is InChI=1S/C23H21NO2S2/c1-23(2,28(3,25)26)20-15-19(14-18-9-5-11-24-22(18)20)16-7-4-8-17(13-16)21-10-6-12-27-21/h4-15H,1-3H3. The van der Waals surface area contributed by atoms with Crippen LogP contribution in [-0.4, -0.2) is 19.7 Å². The Bertz CT molecular complexity index is 1260. The second-order valence-electron chi connectivity index (χ2n) is 7.44. The fraction of sp³-hybridized carbons (Fsp3) is 0.174. The van der Waals surface area contributed by atoms with E-state index in [1.54, 1.807) is 31.4 Å². The monoisotopic (exact) mass is 407 g/mol. The van der Waals surface area contributed by atoms with Crippen LogP contribution >= 0.6 is 11.3 Å². The molecule has 0 aliphatic rings. The molecule has 4 rings (SSSR count). The first-order valence-electron chi connectivity index (χ1n) is 9.00. The predicted molar refractivity (Wildman–Crippen MR) is 118 cm³/mol.